The smallest absolute Gasteiger partial charge is 0.0363 e. The molecule has 1 aliphatic rings. The molecule has 1 aromatic carbocycles. The van der Waals surface area contributed by atoms with Gasteiger partial charge in [0.2, 0.25) is 0 Å². The fraction of sp³-hybridized carbons (Fsp3) is 0.600. The quantitative estimate of drug-likeness (QED) is 0.858. The minimum Gasteiger partial charge on any atom is -0.313 e. The molecule has 0 radical (unpaired) electrons. The van der Waals surface area contributed by atoms with Crippen LogP contribution in [0.5, 0.6) is 0 Å². The number of fused-ring (bicyclic) bond motifs is 1. The normalized spacial score (nSPS) is 20.1. The molecule has 0 saturated carbocycles. The molecule has 0 fully saturated rings. The van der Waals surface area contributed by atoms with Crippen LogP contribution in [0.25, 0.3) is 0 Å². The Labute approximate surface area is 105 Å². The monoisotopic (exact) mass is 232 g/mol. The van der Waals surface area contributed by atoms with Crippen LogP contribution in [0.1, 0.15) is 43.9 Å². The van der Waals surface area contributed by atoms with Gasteiger partial charge in [0, 0.05) is 12.6 Å². The fourth-order valence-corrected chi connectivity index (χ4v) is 2.84. The van der Waals surface area contributed by atoms with Gasteiger partial charge in [-0.1, -0.05) is 38.1 Å². The van der Waals surface area contributed by atoms with Crippen LogP contribution in [0.4, 0.5) is 0 Å². The van der Waals surface area contributed by atoms with Crippen molar-refractivity contribution in [3.8, 4) is 0 Å². The summed E-state index contributed by atoms with van der Waals surface area (Å²) in [5.74, 6) is 0. The summed E-state index contributed by atoms with van der Waals surface area (Å²) in [6.07, 6.45) is 2.46. The van der Waals surface area contributed by atoms with E-state index < -0.39 is 0 Å². The third-order valence-corrected chi connectivity index (χ3v) is 3.68. The van der Waals surface area contributed by atoms with Crippen molar-refractivity contribution in [3.05, 3.63) is 35.4 Å². The summed E-state index contributed by atoms with van der Waals surface area (Å²) >= 11 is 0. The predicted octanol–water partition coefficient (Wildman–Crippen LogP) is 2.95. The van der Waals surface area contributed by atoms with Crippen molar-refractivity contribution in [2.24, 2.45) is 0 Å². The van der Waals surface area contributed by atoms with E-state index in [1.807, 2.05) is 0 Å². The lowest BCUT2D eigenvalue weighted by molar-refractivity contribution is 0.199. The molecule has 0 amide bonds. The molecule has 1 aliphatic heterocycles. The second-order valence-corrected chi connectivity index (χ2v) is 4.81. The Morgan fingerprint density at radius 1 is 1.29 bits per heavy atom. The molecule has 2 heteroatoms. The van der Waals surface area contributed by atoms with E-state index in [4.69, 9.17) is 0 Å². The topological polar surface area (TPSA) is 15.3 Å². The first-order chi connectivity index (χ1) is 8.36. The maximum atomic E-state index is 3.53. The van der Waals surface area contributed by atoms with E-state index in [2.05, 4.69) is 48.3 Å². The zero-order chi connectivity index (χ0) is 12.1. The van der Waals surface area contributed by atoms with Crippen LogP contribution in [0.15, 0.2) is 24.3 Å². The van der Waals surface area contributed by atoms with Crippen molar-refractivity contribution >= 4 is 0 Å². The first-order valence-electron chi connectivity index (χ1n) is 6.89. The summed E-state index contributed by atoms with van der Waals surface area (Å²) in [7, 11) is 0. The molecule has 1 unspecified atom stereocenters. The van der Waals surface area contributed by atoms with Gasteiger partial charge >= 0.3 is 0 Å². The lowest BCUT2D eigenvalue weighted by atomic mass is 9.98. The van der Waals surface area contributed by atoms with Gasteiger partial charge in [-0.15, -0.1) is 0 Å². The van der Waals surface area contributed by atoms with Crippen molar-refractivity contribution in [1.82, 2.24) is 10.2 Å². The summed E-state index contributed by atoms with van der Waals surface area (Å²) in [5, 5.41) is 3.53. The Morgan fingerprint density at radius 3 is 2.88 bits per heavy atom. The SMILES string of the molecule is CCCN(CC)C1CCNCc2ccccc21. The molecule has 0 saturated heterocycles. The molecule has 2 nitrogen and oxygen atoms in total. The van der Waals surface area contributed by atoms with Crippen molar-refractivity contribution in [2.75, 3.05) is 19.6 Å². The summed E-state index contributed by atoms with van der Waals surface area (Å²) in [6, 6.07) is 9.51. The van der Waals surface area contributed by atoms with Crippen LogP contribution in [-0.2, 0) is 6.54 Å². The molecular formula is C15H24N2. The first kappa shape index (κ1) is 12.6. The Balaban J connectivity index is 2.26. The summed E-state index contributed by atoms with van der Waals surface area (Å²) in [5.41, 5.74) is 3.01. The molecule has 1 heterocycles. The zero-order valence-corrected chi connectivity index (χ0v) is 11.1. The number of hydrogen-bond acceptors (Lipinski definition) is 2. The van der Waals surface area contributed by atoms with Gasteiger partial charge in [0.05, 0.1) is 0 Å². The highest BCUT2D eigenvalue weighted by Gasteiger charge is 2.22. The number of nitrogens with one attached hydrogen (secondary N) is 1. The van der Waals surface area contributed by atoms with Gasteiger partial charge in [0.25, 0.3) is 0 Å². The lowest BCUT2D eigenvalue weighted by Crippen LogP contribution is -2.30. The molecule has 17 heavy (non-hydrogen) atoms. The summed E-state index contributed by atoms with van der Waals surface area (Å²) in [4.78, 5) is 2.62. The van der Waals surface area contributed by atoms with E-state index in [-0.39, 0.29) is 0 Å². The Kier molecular flexibility index (Phi) is 4.57. The van der Waals surface area contributed by atoms with Crippen molar-refractivity contribution < 1.29 is 0 Å². The van der Waals surface area contributed by atoms with Crippen LogP contribution in [0.3, 0.4) is 0 Å². The van der Waals surface area contributed by atoms with Gasteiger partial charge in [0.15, 0.2) is 0 Å². The Hall–Kier alpha value is -0.860. The van der Waals surface area contributed by atoms with E-state index in [1.165, 1.54) is 30.5 Å². The zero-order valence-electron chi connectivity index (χ0n) is 11.1. The average Bonchev–Trinajstić information content (AvgIpc) is 2.58. The van der Waals surface area contributed by atoms with Gasteiger partial charge in [0.1, 0.15) is 0 Å². The predicted molar refractivity (Wildman–Crippen MR) is 73.0 cm³/mol. The minimum atomic E-state index is 0.603. The molecule has 0 spiro atoms. The standard InChI is InChI=1S/C15H24N2/c1-3-11-17(4-2)15-9-10-16-12-13-7-5-6-8-14(13)15/h5-8,15-16H,3-4,9-12H2,1-2H3. The molecule has 2 rings (SSSR count). The van der Waals surface area contributed by atoms with E-state index in [9.17, 15) is 0 Å². The van der Waals surface area contributed by atoms with E-state index >= 15 is 0 Å². The van der Waals surface area contributed by atoms with Gasteiger partial charge in [-0.05, 0) is 43.6 Å². The second kappa shape index (κ2) is 6.18. The Morgan fingerprint density at radius 2 is 2.12 bits per heavy atom. The summed E-state index contributed by atoms with van der Waals surface area (Å²) < 4.78 is 0. The van der Waals surface area contributed by atoms with E-state index in [1.54, 1.807) is 0 Å². The number of nitrogens with zero attached hydrogens (tertiary/aromatic N) is 1. The summed E-state index contributed by atoms with van der Waals surface area (Å²) in [6.45, 7) is 9.04. The van der Waals surface area contributed by atoms with Crippen LogP contribution >= 0.6 is 0 Å². The molecule has 0 bridgehead atoms. The largest absolute Gasteiger partial charge is 0.313 e. The van der Waals surface area contributed by atoms with E-state index in [0.717, 1.165) is 19.6 Å². The molecule has 1 atom stereocenters. The number of hydrogen-bond donors (Lipinski definition) is 1. The maximum absolute atomic E-state index is 3.53. The van der Waals surface area contributed by atoms with Crippen molar-refractivity contribution in [3.63, 3.8) is 0 Å². The van der Waals surface area contributed by atoms with Crippen LogP contribution in [0.2, 0.25) is 0 Å². The first-order valence-corrected chi connectivity index (χ1v) is 6.89. The van der Waals surface area contributed by atoms with Crippen molar-refractivity contribution in [1.29, 1.82) is 0 Å². The Bertz CT molecular complexity index is 349. The molecule has 1 N–H and O–H groups in total. The second-order valence-electron chi connectivity index (χ2n) is 4.81. The van der Waals surface area contributed by atoms with Gasteiger partial charge in [-0.3, -0.25) is 4.90 Å². The number of benzene rings is 1. The van der Waals surface area contributed by atoms with E-state index in [0.29, 0.717) is 6.04 Å². The molecule has 0 aliphatic carbocycles. The van der Waals surface area contributed by atoms with Crippen LogP contribution in [0, 0.1) is 0 Å². The highest BCUT2D eigenvalue weighted by Crippen LogP contribution is 2.28. The fourth-order valence-electron chi connectivity index (χ4n) is 2.84. The molecular weight excluding hydrogens is 208 g/mol. The molecule has 0 aromatic heterocycles. The maximum Gasteiger partial charge on any atom is 0.0363 e. The number of rotatable bonds is 4. The third-order valence-electron chi connectivity index (χ3n) is 3.68. The van der Waals surface area contributed by atoms with Gasteiger partial charge in [-0.25, -0.2) is 0 Å². The average molecular weight is 232 g/mol. The lowest BCUT2D eigenvalue weighted by Gasteiger charge is -2.30. The van der Waals surface area contributed by atoms with Crippen molar-refractivity contribution in [2.45, 2.75) is 39.3 Å². The van der Waals surface area contributed by atoms with Crippen LogP contribution < -0.4 is 5.32 Å². The third kappa shape index (κ3) is 2.88. The van der Waals surface area contributed by atoms with Gasteiger partial charge in [-0.2, -0.15) is 0 Å². The highest BCUT2D eigenvalue weighted by molar-refractivity contribution is 5.31. The highest BCUT2D eigenvalue weighted by atomic mass is 15.2. The molecule has 94 valence electrons. The molecule has 1 aromatic rings. The van der Waals surface area contributed by atoms with Gasteiger partial charge < -0.3 is 5.32 Å². The van der Waals surface area contributed by atoms with Crippen LogP contribution in [-0.4, -0.2) is 24.5 Å². The minimum absolute atomic E-state index is 0.603.